The molecule has 0 bridgehead atoms. The molecule has 0 aliphatic carbocycles. The smallest absolute Gasteiger partial charge is 0.292 e. The lowest BCUT2D eigenvalue weighted by Crippen LogP contribution is -2.11. The highest BCUT2D eigenvalue weighted by atomic mass is 32.2. The molecular weight excluding hydrogens is 292 g/mol. The Bertz CT molecular complexity index is 813. The normalized spacial score (nSPS) is 12.0. The van der Waals surface area contributed by atoms with E-state index in [0.717, 1.165) is 0 Å². The average Bonchev–Trinajstić information content (AvgIpc) is 2.35. The van der Waals surface area contributed by atoms with Crippen molar-refractivity contribution >= 4 is 32.0 Å². The number of nitro groups is 1. The van der Waals surface area contributed by atoms with E-state index in [2.05, 4.69) is 0 Å². The third-order valence-corrected chi connectivity index (χ3v) is 5.14. The minimum atomic E-state index is -3.36. The number of nitrogen functional groups attached to an aromatic ring is 1. The first-order chi connectivity index (χ1) is 9.70. The molecule has 0 aliphatic rings. The zero-order valence-corrected chi connectivity index (χ0v) is 12.6. The first-order valence-corrected chi connectivity index (χ1v) is 8.06. The lowest BCUT2D eigenvalue weighted by molar-refractivity contribution is -0.383. The molecule has 0 radical (unpaired) electrons. The van der Waals surface area contributed by atoms with Crippen LogP contribution in [0.15, 0.2) is 35.2 Å². The Balaban J connectivity index is 2.58. The third-order valence-electron chi connectivity index (χ3n) is 3.07. The second kappa shape index (κ2) is 5.33. The summed E-state index contributed by atoms with van der Waals surface area (Å²) in [6.45, 7) is 3.67. The molecule has 0 atom stereocenters. The molecule has 7 heteroatoms. The van der Waals surface area contributed by atoms with E-state index in [4.69, 9.17) is 5.73 Å². The molecule has 2 aromatic carbocycles. The van der Waals surface area contributed by atoms with Gasteiger partial charge < -0.3 is 5.73 Å². The van der Waals surface area contributed by atoms with E-state index >= 15 is 0 Å². The zero-order chi connectivity index (χ0) is 15.8. The first kappa shape index (κ1) is 15.2. The maximum absolute atomic E-state index is 12.2. The van der Waals surface area contributed by atoms with E-state index in [1.54, 1.807) is 6.07 Å². The Morgan fingerprint density at radius 3 is 2.43 bits per heavy atom. The van der Waals surface area contributed by atoms with E-state index in [-0.39, 0.29) is 27.9 Å². The number of nitro benzene ring substituents is 1. The van der Waals surface area contributed by atoms with Crippen LogP contribution >= 0.6 is 0 Å². The number of fused-ring (bicyclic) bond motifs is 1. The fourth-order valence-electron chi connectivity index (χ4n) is 2.17. The highest BCUT2D eigenvalue weighted by Crippen LogP contribution is 2.29. The average molecular weight is 308 g/mol. The molecule has 2 N–H and O–H groups in total. The topological polar surface area (TPSA) is 103 Å². The maximum atomic E-state index is 12.2. The molecule has 2 aromatic rings. The second-order valence-corrected chi connectivity index (χ2v) is 7.39. The summed E-state index contributed by atoms with van der Waals surface area (Å²) in [5, 5.41) is 12.0. The summed E-state index contributed by atoms with van der Waals surface area (Å²) >= 11 is 0. The molecule has 0 amide bonds. The first-order valence-electron chi connectivity index (χ1n) is 6.41. The number of rotatable bonds is 4. The monoisotopic (exact) mass is 308 g/mol. The summed E-state index contributed by atoms with van der Waals surface area (Å²) in [4.78, 5) is 10.5. The van der Waals surface area contributed by atoms with Gasteiger partial charge in [0, 0.05) is 6.07 Å². The third kappa shape index (κ3) is 3.13. The van der Waals surface area contributed by atoms with Gasteiger partial charge in [-0.3, -0.25) is 10.1 Å². The zero-order valence-electron chi connectivity index (χ0n) is 11.7. The van der Waals surface area contributed by atoms with Crippen molar-refractivity contribution in [2.75, 3.05) is 11.5 Å². The molecule has 0 saturated heterocycles. The van der Waals surface area contributed by atoms with Crippen molar-refractivity contribution in [1.29, 1.82) is 0 Å². The lowest BCUT2D eigenvalue weighted by atomic mass is 10.1. The van der Waals surface area contributed by atoms with E-state index in [0.29, 0.717) is 10.8 Å². The van der Waals surface area contributed by atoms with Gasteiger partial charge in [0.1, 0.15) is 5.69 Å². The van der Waals surface area contributed by atoms with Gasteiger partial charge in [-0.15, -0.1) is 0 Å². The predicted molar refractivity (Wildman–Crippen MR) is 81.9 cm³/mol. The van der Waals surface area contributed by atoms with Crippen LogP contribution in [0.4, 0.5) is 11.4 Å². The van der Waals surface area contributed by atoms with Gasteiger partial charge in [0.2, 0.25) is 0 Å². The van der Waals surface area contributed by atoms with Gasteiger partial charge >= 0.3 is 0 Å². The number of sulfone groups is 1. The lowest BCUT2D eigenvalue weighted by Gasteiger charge is -2.08. The van der Waals surface area contributed by atoms with Crippen LogP contribution in [-0.2, 0) is 9.84 Å². The van der Waals surface area contributed by atoms with Crippen LogP contribution < -0.4 is 5.73 Å². The van der Waals surface area contributed by atoms with Gasteiger partial charge in [0.15, 0.2) is 9.84 Å². The summed E-state index contributed by atoms with van der Waals surface area (Å²) in [6.07, 6.45) is 0. The largest absolute Gasteiger partial charge is 0.393 e. The highest BCUT2D eigenvalue weighted by Gasteiger charge is 2.18. The Morgan fingerprint density at radius 2 is 1.86 bits per heavy atom. The molecule has 0 aliphatic heterocycles. The molecule has 2 rings (SSSR count). The summed E-state index contributed by atoms with van der Waals surface area (Å²) in [7, 11) is -3.36. The number of hydrogen-bond donors (Lipinski definition) is 1. The Hall–Kier alpha value is -2.15. The molecular formula is C14H16N2O4S. The molecule has 0 heterocycles. The number of benzene rings is 2. The van der Waals surface area contributed by atoms with Crippen LogP contribution in [0.2, 0.25) is 0 Å². The van der Waals surface area contributed by atoms with Gasteiger partial charge in [0.25, 0.3) is 5.69 Å². The Morgan fingerprint density at radius 1 is 1.19 bits per heavy atom. The minimum absolute atomic E-state index is 0.0194. The molecule has 6 nitrogen and oxygen atoms in total. The molecule has 0 unspecified atom stereocenters. The van der Waals surface area contributed by atoms with Crippen LogP contribution in [0.1, 0.15) is 13.8 Å². The quantitative estimate of drug-likeness (QED) is 0.531. The number of anilines is 1. The summed E-state index contributed by atoms with van der Waals surface area (Å²) in [6, 6.07) is 7.33. The van der Waals surface area contributed by atoms with Crippen molar-refractivity contribution in [3.05, 3.63) is 40.4 Å². The van der Waals surface area contributed by atoms with Gasteiger partial charge in [-0.25, -0.2) is 8.42 Å². The van der Waals surface area contributed by atoms with Crippen molar-refractivity contribution in [2.24, 2.45) is 5.92 Å². The fourth-order valence-corrected chi connectivity index (χ4v) is 3.82. The molecule has 0 aromatic heterocycles. The fraction of sp³-hybridized carbons (Fsp3) is 0.286. The van der Waals surface area contributed by atoms with Crippen molar-refractivity contribution in [2.45, 2.75) is 18.7 Å². The van der Waals surface area contributed by atoms with Crippen molar-refractivity contribution in [1.82, 2.24) is 0 Å². The summed E-state index contributed by atoms with van der Waals surface area (Å²) < 4.78 is 24.4. The van der Waals surface area contributed by atoms with E-state index in [1.165, 1.54) is 24.3 Å². The highest BCUT2D eigenvalue weighted by molar-refractivity contribution is 7.91. The standard InChI is InChI=1S/C14H16N2O4S/c1-9(2)8-21(19,20)12-4-3-10-7-14(16(17)18)13(15)6-11(10)5-12/h3-7,9H,8,15H2,1-2H3. The van der Waals surface area contributed by atoms with Gasteiger partial charge in [-0.2, -0.15) is 0 Å². The van der Waals surface area contributed by atoms with Crippen molar-refractivity contribution in [3.8, 4) is 0 Å². The molecule has 21 heavy (non-hydrogen) atoms. The SMILES string of the molecule is CC(C)CS(=O)(=O)c1ccc2cc([N+](=O)[O-])c(N)cc2c1. The van der Waals surface area contributed by atoms with Gasteiger partial charge in [0.05, 0.1) is 15.6 Å². The van der Waals surface area contributed by atoms with E-state index in [9.17, 15) is 18.5 Å². The van der Waals surface area contributed by atoms with Crippen molar-refractivity contribution in [3.63, 3.8) is 0 Å². The number of nitrogens with zero attached hydrogens (tertiary/aromatic N) is 1. The number of hydrogen-bond acceptors (Lipinski definition) is 5. The molecule has 112 valence electrons. The van der Waals surface area contributed by atoms with Crippen LogP contribution in [0.25, 0.3) is 10.8 Å². The Labute approximate surface area is 122 Å². The van der Waals surface area contributed by atoms with Crippen molar-refractivity contribution < 1.29 is 13.3 Å². The van der Waals surface area contributed by atoms with E-state index in [1.807, 2.05) is 13.8 Å². The Kier molecular flexibility index (Phi) is 3.87. The van der Waals surface area contributed by atoms with Crippen LogP contribution in [0.5, 0.6) is 0 Å². The summed E-state index contributed by atoms with van der Waals surface area (Å²) in [5.41, 5.74) is 5.48. The van der Waals surface area contributed by atoms with Crippen LogP contribution in [0.3, 0.4) is 0 Å². The summed E-state index contributed by atoms with van der Waals surface area (Å²) in [5.74, 6) is 0.0775. The van der Waals surface area contributed by atoms with E-state index < -0.39 is 14.8 Å². The van der Waals surface area contributed by atoms with Gasteiger partial charge in [-0.05, 0) is 34.9 Å². The predicted octanol–water partition coefficient (Wildman–Crippen LogP) is 2.76. The van der Waals surface area contributed by atoms with Crippen LogP contribution in [-0.4, -0.2) is 19.1 Å². The van der Waals surface area contributed by atoms with Crippen LogP contribution in [0, 0.1) is 16.0 Å². The second-order valence-electron chi connectivity index (χ2n) is 5.35. The molecule has 0 saturated carbocycles. The number of nitrogens with two attached hydrogens (primary N) is 1. The maximum Gasteiger partial charge on any atom is 0.292 e. The molecule has 0 fully saturated rings. The van der Waals surface area contributed by atoms with Gasteiger partial charge in [-0.1, -0.05) is 19.9 Å². The minimum Gasteiger partial charge on any atom is -0.393 e. The molecule has 0 spiro atoms.